The van der Waals surface area contributed by atoms with E-state index in [0.717, 1.165) is 5.56 Å². The highest BCUT2D eigenvalue weighted by atomic mass is 79.9. The van der Waals surface area contributed by atoms with E-state index in [9.17, 15) is 10.1 Å². The Kier molecular flexibility index (Phi) is 7.85. The first-order chi connectivity index (χ1) is 13.5. The van der Waals surface area contributed by atoms with Crippen molar-refractivity contribution >= 4 is 33.6 Å². The smallest absolute Gasteiger partial charge is 0.266 e. The second-order valence-electron chi connectivity index (χ2n) is 5.86. The molecule has 0 atom stereocenters. The van der Waals surface area contributed by atoms with E-state index in [2.05, 4.69) is 27.8 Å². The number of ether oxygens (including phenoxy) is 2. The van der Waals surface area contributed by atoms with Crippen molar-refractivity contribution in [3.63, 3.8) is 0 Å². The van der Waals surface area contributed by atoms with Gasteiger partial charge in [-0.05, 0) is 71.2 Å². The fourth-order valence-electron chi connectivity index (χ4n) is 2.45. The molecule has 144 valence electrons. The average Bonchev–Trinajstić information content (AvgIpc) is 2.65. The Balaban J connectivity index is 2.33. The second-order valence-corrected chi connectivity index (χ2v) is 6.71. The van der Waals surface area contributed by atoms with Crippen LogP contribution in [0.25, 0.3) is 6.08 Å². The van der Waals surface area contributed by atoms with Crippen LogP contribution in [0.3, 0.4) is 0 Å². The maximum atomic E-state index is 12.5. The van der Waals surface area contributed by atoms with Gasteiger partial charge in [-0.3, -0.25) is 4.79 Å². The molecule has 0 bridgehead atoms. The highest BCUT2D eigenvalue weighted by Crippen LogP contribution is 2.37. The highest BCUT2D eigenvalue weighted by Gasteiger charge is 2.14. The summed E-state index contributed by atoms with van der Waals surface area (Å²) >= 11 is 3.46. The molecule has 28 heavy (non-hydrogen) atoms. The van der Waals surface area contributed by atoms with E-state index in [1.54, 1.807) is 24.3 Å². The first-order valence-corrected chi connectivity index (χ1v) is 9.47. The van der Waals surface area contributed by atoms with Gasteiger partial charge in [0.2, 0.25) is 0 Å². The van der Waals surface area contributed by atoms with Crippen molar-refractivity contribution in [2.24, 2.45) is 0 Å². The van der Waals surface area contributed by atoms with E-state index < -0.39 is 5.91 Å². The zero-order chi connectivity index (χ0) is 20.5. The van der Waals surface area contributed by atoms with Crippen LogP contribution in [0, 0.1) is 18.3 Å². The van der Waals surface area contributed by atoms with E-state index in [1.165, 1.54) is 6.08 Å². The van der Waals surface area contributed by atoms with Crippen LogP contribution >= 0.6 is 15.9 Å². The summed E-state index contributed by atoms with van der Waals surface area (Å²) in [5.74, 6) is 0.581. The Morgan fingerprint density at radius 1 is 1.32 bits per heavy atom. The average molecular weight is 441 g/mol. The topological polar surface area (TPSA) is 71.3 Å². The van der Waals surface area contributed by atoms with Gasteiger partial charge in [-0.2, -0.15) is 5.26 Å². The zero-order valence-electron chi connectivity index (χ0n) is 15.8. The van der Waals surface area contributed by atoms with E-state index >= 15 is 0 Å². The van der Waals surface area contributed by atoms with Gasteiger partial charge in [-0.25, -0.2) is 0 Å². The van der Waals surface area contributed by atoms with Gasteiger partial charge in [0.1, 0.15) is 18.2 Å². The van der Waals surface area contributed by atoms with E-state index in [4.69, 9.17) is 9.47 Å². The first kappa shape index (κ1) is 21.3. The summed E-state index contributed by atoms with van der Waals surface area (Å²) in [5.41, 5.74) is 2.27. The lowest BCUT2D eigenvalue weighted by molar-refractivity contribution is -0.112. The molecule has 0 aromatic heterocycles. The molecule has 1 amide bonds. The van der Waals surface area contributed by atoms with Crippen molar-refractivity contribution in [2.45, 2.75) is 13.8 Å². The fourth-order valence-corrected chi connectivity index (χ4v) is 3.03. The van der Waals surface area contributed by atoms with Crippen LogP contribution in [0.1, 0.15) is 18.1 Å². The lowest BCUT2D eigenvalue weighted by Gasteiger charge is -2.14. The molecule has 0 aliphatic carbocycles. The van der Waals surface area contributed by atoms with Crippen molar-refractivity contribution in [3.8, 4) is 17.6 Å². The Hall–Kier alpha value is -3.04. The lowest BCUT2D eigenvalue weighted by atomic mass is 10.1. The number of nitrogens with zero attached hydrogens (tertiary/aromatic N) is 1. The first-order valence-electron chi connectivity index (χ1n) is 8.68. The normalized spacial score (nSPS) is 10.7. The molecule has 0 saturated carbocycles. The Morgan fingerprint density at radius 2 is 2.11 bits per heavy atom. The predicted molar refractivity (Wildman–Crippen MR) is 114 cm³/mol. The number of carbonyl (C=O) groups excluding carboxylic acids is 1. The molecule has 0 aliphatic heterocycles. The Morgan fingerprint density at radius 3 is 2.75 bits per heavy atom. The molecule has 1 N–H and O–H groups in total. The summed E-state index contributed by atoms with van der Waals surface area (Å²) in [7, 11) is 0. The minimum atomic E-state index is -0.478. The lowest BCUT2D eigenvalue weighted by Crippen LogP contribution is -2.13. The molecule has 0 fully saturated rings. The molecular weight excluding hydrogens is 420 g/mol. The van der Waals surface area contributed by atoms with Crippen LogP contribution < -0.4 is 14.8 Å². The quantitative estimate of drug-likeness (QED) is 0.344. The number of nitrogens with one attached hydrogen (secondary N) is 1. The Bertz CT molecular complexity index is 945. The van der Waals surface area contributed by atoms with E-state index in [-0.39, 0.29) is 5.57 Å². The van der Waals surface area contributed by atoms with Crippen molar-refractivity contribution < 1.29 is 14.3 Å². The van der Waals surface area contributed by atoms with Gasteiger partial charge in [-0.1, -0.05) is 24.8 Å². The molecular formula is C22H21BrN2O3. The predicted octanol–water partition coefficient (Wildman–Crippen LogP) is 5.27. The number of aryl methyl sites for hydroxylation is 1. The van der Waals surface area contributed by atoms with Crippen LogP contribution in [0.4, 0.5) is 5.69 Å². The number of amides is 1. The summed E-state index contributed by atoms with van der Waals surface area (Å²) in [6.45, 7) is 8.21. The summed E-state index contributed by atoms with van der Waals surface area (Å²) < 4.78 is 11.9. The van der Waals surface area contributed by atoms with Gasteiger partial charge < -0.3 is 14.8 Å². The standard InChI is InChI=1S/C22H21BrN2O3/c1-4-9-28-21-19(23)12-16(13-20(21)27-5-2)11-17(14-24)22(26)25-18-8-6-7-15(3)10-18/h4,6-8,10-13H,1,5,9H2,2-3H3,(H,25,26)/b17-11-. The number of benzene rings is 2. The maximum Gasteiger partial charge on any atom is 0.266 e. The number of carbonyl (C=O) groups is 1. The zero-order valence-corrected chi connectivity index (χ0v) is 17.4. The van der Waals surface area contributed by atoms with Crippen LogP contribution in [0.2, 0.25) is 0 Å². The molecule has 6 heteroatoms. The molecule has 0 heterocycles. The molecule has 0 saturated heterocycles. The maximum absolute atomic E-state index is 12.5. The molecule has 0 unspecified atom stereocenters. The van der Waals surface area contributed by atoms with Crippen LogP contribution in [-0.4, -0.2) is 19.1 Å². The Labute approximate surface area is 173 Å². The third kappa shape index (κ3) is 5.73. The van der Waals surface area contributed by atoms with E-state index in [0.29, 0.717) is 40.4 Å². The summed E-state index contributed by atoms with van der Waals surface area (Å²) in [6, 6.07) is 12.8. The third-order valence-electron chi connectivity index (χ3n) is 3.63. The number of halogens is 1. The van der Waals surface area contributed by atoms with E-state index in [1.807, 2.05) is 38.1 Å². The number of nitriles is 1. The van der Waals surface area contributed by atoms with Gasteiger partial charge in [-0.15, -0.1) is 0 Å². The summed E-state index contributed by atoms with van der Waals surface area (Å²) in [6.07, 6.45) is 3.15. The van der Waals surface area contributed by atoms with Gasteiger partial charge >= 0.3 is 0 Å². The van der Waals surface area contributed by atoms with Crippen molar-refractivity contribution in [1.29, 1.82) is 5.26 Å². The molecule has 2 aromatic carbocycles. The van der Waals surface area contributed by atoms with Crippen LogP contribution in [0.15, 0.2) is 59.1 Å². The minimum Gasteiger partial charge on any atom is -0.490 e. The molecule has 2 rings (SSSR count). The minimum absolute atomic E-state index is 0.0179. The van der Waals surface area contributed by atoms with Crippen molar-refractivity contribution in [3.05, 3.63) is 70.2 Å². The molecule has 2 aromatic rings. The largest absolute Gasteiger partial charge is 0.490 e. The third-order valence-corrected chi connectivity index (χ3v) is 4.22. The monoisotopic (exact) mass is 440 g/mol. The van der Waals surface area contributed by atoms with Gasteiger partial charge in [0.15, 0.2) is 11.5 Å². The molecule has 0 aliphatic rings. The molecule has 0 radical (unpaired) electrons. The fraction of sp³-hybridized carbons (Fsp3) is 0.182. The van der Waals surface area contributed by atoms with Crippen molar-refractivity contribution in [2.75, 3.05) is 18.5 Å². The number of rotatable bonds is 8. The van der Waals surface area contributed by atoms with Crippen LogP contribution in [-0.2, 0) is 4.79 Å². The summed E-state index contributed by atoms with van der Waals surface area (Å²) in [5, 5.41) is 12.2. The van der Waals surface area contributed by atoms with Gasteiger partial charge in [0.05, 0.1) is 11.1 Å². The van der Waals surface area contributed by atoms with Crippen LogP contribution in [0.5, 0.6) is 11.5 Å². The highest BCUT2D eigenvalue weighted by molar-refractivity contribution is 9.10. The van der Waals surface area contributed by atoms with Gasteiger partial charge in [0, 0.05) is 5.69 Å². The molecule has 5 nitrogen and oxygen atoms in total. The number of anilines is 1. The second kappa shape index (κ2) is 10.3. The molecule has 0 spiro atoms. The number of hydrogen-bond donors (Lipinski definition) is 1. The number of hydrogen-bond acceptors (Lipinski definition) is 4. The van der Waals surface area contributed by atoms with Gasteiger partial charge in [0.25, 0.3) is 5.91 Å². The van der Waals surface area contributed by atoms with Crippen molar-refractivity contribution in [1.82, 2.24) is 0 Å². The summed E-state index contributed by atoms with van der Waals surface area (Å²) in [4.78, 5) is 12.5. The SMILES string of the molecule is C=CCOc1c(Br)cc(/C=C(/C#N)C(=O)Nc2cccc(C)c2)cc1OCC.